The Morgan fingerprint density at radius 2 is 2.14 bits per heavy atom. The van der Waals surface area contributed by atoms with Crippen molar-refractivity contribution in [2.45, 2.75) is 51.2 Å². The van der Waals surface area contributed by atoms with Crippen LogP contribution in [-0.4, -0.2) is 31.2 Å². The van der Waals surface area contributed by atoms with Crippen molar-refractivity contribution in [3.8, 4) is 0 Å². The van der Waals surface area contributed by atoms with Gasteiger partial charge < -0.3 is 4.57 Å². The standard InChI is InChI=1S/C17H23N5/c1-2-9-21(12-15-4-3-8-18-10-15)16(5-1)17-20-19-13-22(17)11-14-6-7-14/h3-4,8,10,13-14,16H,1-2,5-7,9,11-12H2. The highest BCUT2D eigenvalue weighted by atomic mass is 15.3. The smallest absolute Gasteiger partial charge is 0.150 e. The molecule has 1 aliphatic carbocycles. The summed E-state index contributed by atoms with van der Waals surface area (Å²) >= 11 is 0. The van der Waals surface area contributed by atoms with E-state index >= 15 is 0 Å². The van der Waals surface area contributed by atoms with Crippen LogP contribution in [0.4, 0.5) is 0 Å². The maximum absolute atomic E-state index is 4.47. The third-order valence-electron chi connectivity index (χ3n) is 4.82. The normalized spacial score (nSPS) is 22.8. The Morgan fingerprint density at radius 3 is 2.95 bits per heavy atom. The summed E-state index contributed by atoms with van der Waals surface area (Å²) in [6.45, 7) is 3.18. The molecule has 22 heavy (non-hydrogen) atoms. The lowest BCUT2D eigenvalue weighted by Crippen LogP contribution is -2.34. The maximum Gasteiger partial charge on any atom is 0.150 e. The molecule has 116 valence electrons. The maximum atomic E-state index is 4.47. The van der Waals surface area contributed by atoms with Crippen LogP contribution in [0.2, 0.25) is 0 Å². The molecule has 0 spiro atoms. The number of likely N-dealkylation sites (tertiary alicyclic amines) is 1. The van der Waals surface area contributed by atoms with Crippen molar-refractivity contribution in [1.29, 1.82) is 0 Å². The van der Waals surface area contributed by atoms with Crippen LogP contribution in [0.5, 0.6) is 0 Å². The predicted molar refractivity (Wildman–Crippen MR) is 84.0 cm³/mol. The van der Waals surface area contributed by atoms with Crippen molar-refractivity contribution in [3.63, 3.8) is 0 Å². The second-order valence-electron chi connectivity index (χ2n) is 6.63. The summed E-state index contributed by atoms with van der Waals surface area (Å²) in [7, 11) is 0. The number of nitrogens with zero attached hydrogens (tertiary/aromatic N) is 5. The largest absolute Gasteiger partial charge is 0.316 e. The van der Waals surface area contributed by atoms with Crippen LogP contribution in [-0.2, 0) is 13.1 Å². The van der Waals surface area contributed by atoms with E-state index in [4.69, 9.17) is 0 Å². The molecule has 5 heteroatoms. The first-order valence-corrected chi connectivity index (χ1v) is 8.41. The summed E-state index contributed by atoms with van der Waals surface area (Å²) in [5, 5.41) is 8.66. The van der Waals surface area contributed by atoms with Gasteiger partial charge in [-0.3, -0.25) is 9.88 Å². The zero-order chi connectivity index (χ0) is 14.8. The van der Waals surface area contributed by atoms with Crippen molar-refractivity contribution in [1.82, 2.24) is 24.6 Å². The molecule has 1 saturated heterocycles. The van der Waals surface area contributed by atoms with E-state index in [-0.39, 0.29) is 0 Å². The van der Waals surface area contributed by atoms with Crippen LogP contribution < -0.4 is 0 Å². The predicted octanol–water partition coefficient (Wildman–Crippen LogP) is 2.81. The molecule has 2 aromatic rings. The van der Waals surface area contributed by atoms with Crippen LogP contribution in [0, 0.1) is 5.92 Å². The van der Waals surface area contributed by atoms with Crippen LogP contribution in [0.1, 0.15) is 49.5 Å². The Balaban J connectivity index is 1.54. The lowest BCUT2D eigenvalue weighted by molar-refractivity contribution is 0.130. The number of rotatable bonds is 5. The number of pyridine rings is 1. The van der Waals surface area contributed by atoms with Gasteiger partial charge in [0.1, 0.15) is 12.2 Å². The Labute approximate surface area is 131 Å². The molecule has 0 aromatic carbocycles. The number of piperidine rings is 1. The van der Waals surface area contributed by atoms with E-state index in [0.717, 1.165) is 31.4 Å². The Kier molecular flexibility index (Phi) is 3.89. The molecule has 0 radical (unpaired) electrons. The Hall–Kier alpha value is -1.75. The van der Waals surface area contributed by atoms with Crippen molar-refractivity contribution < 1.29 is 0 Å². The minimum Gasteiger partial charge on any atom is -0.316 e. The zero-order valence-corrected chi connectivity index (χ0v) is 12.9. The van der Waals surface area contributed by atoms with Crippen molar-refractivity contribution >= 4 is 0 Å². The van der Waals surface area contributed by atoms with Gasteiger partial charge >= 0.3 is 0 Å². The minimum absolute atomic E-state index is 0.398. The van der Waals surface area contributed by atoms with Gasteiger partial charge in [-0.05, 0) is 49.8 Å². The first kappa shape index (κ1) is 13.9. The average Bonchev–Trinajstić information content (AvgIpc) is 3.25. The number of hydrogen-bond acceptors (Lipinski definition) is 4. The fraction of sp³-hybridized carbons (Fsp3) is 0.588. The first-order valence-electron chi connectivity index (χ1n) is 8.41. The van der Waals surface area contributed by atoms with Crippen molar-refractivity contribution in [2.24, 2.45) is 5.92 Å². The SMILES string of the molecule is c1cncc(CN2CCCCC2c2nncn2CC2CC2)c1. The summed E-state index contributed by atoms with van der Waals surface area (Å²) in [5.74, 6) is 2.01. The molecule has 1 unspecified atom stereocenters. The monoisotopic (exact) mass is 297 g/mol. The zero-order valence-electron chi connectivity index (χ0n) is 12.9. The Bertz CT molecular complexity index is 605. The molecule has 3 heterocycles. The molecule has 2 aromatic heterocycles. The van der Waals surface area contributed by atoms with Crippen molar-refractivity contribution in [3.05, 3.63) is 42.2 Å². The summed E-state index contributed by atoms with van der Waals surface area (Å²) in [6, 6.07) is 4.58. The fourth-order valence-electron chi connectivity index (χ4n) is 3.44. The highest BCUT2D eigenvalue weighted by Gasteiger charge is 2.30. The summed E-state index contributed by atoms with van der Waals surface area (Å²) in [4.78, 5) is 6.79. The highest BCUT2D eigenvalue weighted by molar-refractivity contribution is 5.10. The summed E-state index contributed by atoms with van der Waals surface area (Å²) < 4.78 is 2.30. The topological polar surface area (TPSA) is 46.8 Å². The molecule has 1 atom stereocenters. The molecular weight excluding hydrogens is 274 g/mol. The van der Waals surface area contributed by atoms with E-state index in [2.05, 4.69) is 30.7 Å². The third kappa shape index (κ3) is 3.04. The van der Waals surface area contributed by atoms with Gasteiger partial charge in [-0.2, -0.15) is 0 Å². The molecule has 5 nitrogen and oxygen atoms in total. The quantitative estimate of drug-likeness (QED) is 0.851. The van der Waals surface area contributed by atoms with Gasteiger partial charge in [0.25, 0.3) is 0 Å². The van der Waals surface area contributed by atoms with Gasteiger partial charge in [0, 0.05) is 25.5 Å². The summed E-state index contributed by atoms with van der Waals surface area (Å²) in [5.41, 5.74) is 1.28. The second-order valence-corrected chi connectivity index (χ2v) is 6.63. The van der Waals surface area contributed by atoms with Gasteiger partial charge in [0.2, 0.25) is 0 Å². The first-order chi connectivity index (χ1) is 10.9. The van der Waals surface area contributed by atoms with Crippen LogP contribution in [0.25, 0.3) is 0 Å². The molecule has 2 fully saturated rings. The van der Waals surface area contributed by atoms with Crippen molar-refractivity contribution in [2.75, 3.05) is 6.54 Å². The van der Waals surface area contributed by atoms with Crippen LogP contribution >= 0.6 is 0 Å². The molecule has 4 rings (SSSR count). The summed E-state index contributed by atoms with van der Waals surface area (Å²) in [6.07, 6.45) is 12.2. The second kappa shape index (κ2) is 6.16. The van der Waals surface area contributed by atoms with E-state index in [1.807, 2.05) is 24.8 Å². The molecule has 0 amide bonds. The van der Waals surface area contributed by atoms with Gasteiger partial charge in [0.15, 0.2) is 0 Å². The third-order valence-corrected chi connectivity index (χ3v) is 4.82. The van der Waals surface area contributed by atoms with Gasteiger partial charge in [0.05, 0.1) is 6.04 Å². The molecule has 0 bridgehead atoms. The van der Waals surface area contributed by atoms with Crippen LogP contribution in [0.3, 0.4) is 0 Å². The minimum atomic E-state index is 0.398. The molecule has 1 aliphatic heterocycles. The average molecular weight is 297 g/mol. The molecular formula is C17H23N5. The van der Waals surface area contributed by atoms with E-state index in [1.54, 1.807) is 0 Å². The lowest BCUT2D eigenvalue weighted by Gasteiger charge is -2.35. The Morgan fingerprint density at radius 1 is 1.18 bits per heavy atom. The number of aromatic nitrogens is 4. The van der Waals surface area contributed by atoms with E-state index in [0.29, 0.717) is 6.04 Å². The molecule has 2 aliphatic rings. The van der Waals surface area contributed by atoms with Gasteiger partial charge in [-0.25, -0.2) is 0 Å². The highest BCUT2D eigenvalue weighted by Crippen LogP contribution is 2.34. The lowest BCUT2D eigenvalue weighted by atomic mass is 10.0. The molecule has 0 N–H and O–H groups in total. The molecule has 1 saturated carbocycles. The van der Waals surface area contributed by atoms with Gasteiger partial charge in [-0.15, -0.1) is 10.2 Å². The van der Waals surface area contributed by atoms with E-state index < -0.39 is 0 Å². The fourth-order valence-corrected chi connectivity index (χ4v) is 3.44. The van der Waals surface area contributed by atoms with Crippen LogP contribution in [0.15, 0.2) is 30.9 Å². The van der Waals surface area contributed by atoms with E-state index in [9.17, 15) is 0 Å². The number of hydrogen-bond donors (Lipinski definition) is 0. The van der Waals surface area contributed by atoms with E-state index in [1.165, 1.54) is 37.7 Å². The van der Waals surface area contributed by atoms with Gasteiger partial charge in [-0.1, -0.05) is 12.5 Å².